The standard InChI is InChI=1S/C22H24N2S.2ClH.H2O/c1-23-13-15-24(16-14-23)17-19-8-3-5-11-21(19)25-22-12-6-9-18-7-2-4-10-20(18)22;;;/h2-12H,13-17H2,1H3;2*1H;1H2. The molecule has 1 fully saturated rings. The number of hydrogen-bond acceptors (Lipinski definition) is 3. The number of hydrogen-bond donors (Lipinski definition) is 0. The molecule has 3 aromatic rings. The molecule has 1 aliphatic heterocycles. The molecule has 6 heteroatoms. The van der Waals surface area contributed by atoms with Crippen LogP contribution in [0.2, 0.25) is 0 Å². The maximum absolute atomic E-state index is 2.57. The van der Waals surface area contributed by atoms with Gasteiger partial charge in [0.2, 0.25) is 0 Å². The predicted octanol–water partition coefficient (Wildman–Crippen LogP) is 4.76. The molecule has 0 amide bonds. The average molecular weight is 439 g/mol. The summed E-state index contributed by atoms with van der Waals surface area (Å²) in [6.45, 7) is 5.69. The van der Waals surface area contributed by atoms with E-state index >= 15 is 0 Å². The monoisotopic (exact) mass is 438 g/mol. The van der Waals surface area contributed by atoms with Crippen molar-refractivity contribution in [2.24, 2.45) is 0 Å². The number of halogens is 2. The summed E-state index contributed by atoms with van der Waals surface area (Å²) in [5.41, 5.74) is 1.44. The molecule has 152 valence electrons. The molecule has 28 heavy (non-hydrogen) atoms. The van der Waals surface area contributed by atoms with Crippen LogP contribution in [0.15, 0.2) is 76.5 Å². The third-order valence-electron chi connectivity index (χ3n) is 4.93. The SMILES string of the molecule is CN1CCN(Cc2ccccc2Sc2cccc3ccccc23)CC1.Cl.Cl.O. The van der Waals surface area contributed by atoms with Gasteiger partial charge in [-0.3, -0.25) is 4.90 Å². The summed E-state index contributed by atoms with van der Waals surface area (Å²) in [5.74, 6) is 0. The zero-order valence-electron chi connectivity index (χ0n) is 16.0. The first-order valence-corrected chi connectivity index (χ1v) is 9.76. The smallest absolute Gasteiger partial charge is 0.0246 e. The van der Waals surface area contributed by atoms with Crippen molar-refractivity contribution in [3.05, 3.63) is 72.3 Å². The molecule has 0 radical (unpaired) electrons. The number of fused-ring (bicyclic) bond motifs is 1. The second-order valence-electron chi connectivity index (χ2n) is 6.77. The van der Waals surface area contributed by atoms with E-state index in [-0.39, 0.29) is 30.3 Å². The third-order valence-corrected chi connectivity index (χ3v) is 6.13. The van der Waals surface area contributed by atoms with E-state index in [0.29, 0.717) is 0 Å². The van der Waals surface area contributed by atoms with Crippen molar-refractivity contribution < 1.29 is 5.48 Å². The molecule has 3 aromatic carbocycles. The van der Waals surface area contributed by atoms with Crippen molar-refractivity contribution in [1.82, 2.24) is 9.80 Å². The van der Waals surface area contributed by atoms with E-state index in [2.05, 4.69) is 83.6 Å². The van der Waals surface area contributed by atoms with Gasteiger partial charge in [0.15, 0.2) is 0 Å². The van der Waals surface area contributed by atoms with E-state index in [1.54, 1.807) is 0 Å². The first kappa shape index (κ1) is 24.8. The summed E-state index contributed by atoms with van der Waals surface area (Å²) in [5, 5.41) is 2.65. The molecular formula is C22H28Cl2N2OS. The highest BCUT2D eigenvalue weighted by atomic mass is 35.5. The fraction of sp³-hybridized carbons (Fsp3) is 0.273. The minimum atomic E-state index is 0. The van der Waals surface area contributed by atoms with Crippen molar-refractivity contribution in [1.29, 1.82) is 0 Å². The van der Waals surface area contributed by atoms with Gasteiger partial charge in [-0.25, -0.2) is 0 Å². The first-order valence-electron chi connectivity index (χ1n) is 8.94. The second-order valence-corrected chi connectivity index (χ2v) is 7.85. The summed E-state index contributed by atoms with van der Waals surface area (Å²) in [4.78, 5) is 7.69. The lowest BCUT2D eigenvalue weighted by Crippen LogP contribution is -2.43. The fourth-order valence-electron chi connectivity index (χ4n) is 3.38. The highest BCUT2D eigenvalue weighted by Gasteiger charge is 2.15. The van der Waals surface area contributed by atoms with E-state index in [1.165, 1.54) is 39.2 Å². The van der Waals surface area contributed by atoms with Crippen LogP contribution in [0.5, 0.6) is 0 Å². The zero-order chi connectivity index (χ0) is 17.1. The van der Waals surface area contributed by atoms with E-state index in [0.717, 1.165) is 19.6 Å². The van der Waals surface area contributed by atoms with Crippen LogP contribution in [0.25, 0.3) is 10.8 Å². The molecule has 2 N–H and O–H groups in total. The van der Waals surface area contributed by atoms with E-state index in [9.17, 15) is 0 Å². The van der Waals surface area contributed by atoms with Crippen LogP contribution < -0.4 is 0 Å². The van der Waals surface area contributed by atoms with Gasteiger partial charge in [0, 0.05) is 42.5 Å². The van der Waals surface area contributed by atoms with Crippen LogP contribution in [0.3, 0.4) is 0 Å². The Morgan fingerprint density at radius 1 is 0.750 bits per heavy atom. The Kier molecular flexibility index (Phi) is 10.3. The highest BCUT2D eigenvalue weighted by Crippen LogP contribution is 2.35. The second kappa shape index (κ2) is 11.7. The largest absolute Gasteiger partial charge is 0.412 e. The summed E-state index contributed by atoms with van der Waals surface area (Å²) >= 11 is 1.90. The molecule has 0 atom stereocenters. The number of benzene rings is 3. The van der Waals surface area contributed by atoms with Crippen molar-refractivity contribution >= 4 is 47.3 Å². The number of piperazine rings is 1. The molecule has 4 rings (SSSR count). The van der Waals surface area contributed by atoms with Gasteiger partial charge in [-0.1, -0.05) is 66.4 Å². The van der Waals surface area contributed by atoms with Crippen LogP contribution in [-0.2, 0) is 6.54 Å². The van der Waals surface area contributed by atoms with Crippen LogP contribution in [0.1, 0.15) is 5.56 Å². The van der Waals surface area contributed by atoms with Gasteiger partial charge in [0.1, 0.15) is 0 Å². The molecule has 0 aliphatic carbocycles. The summed E-state index contributed by atoms with van der Waals surface area (Å²) in [6, 6.07) is 24.1. The molecule has 0 spiro atoms. The lowest BCUT2D eigenvalue weighted by molar-refractivity contribution is 0.147. The maximum atomic E-state index is 2.57. The molecule has 1 heterocycles. The minimum absolute atomic E-state index is 0. The van der Waals surface area contributed by atoms with Gasteiger partial charge >= 0.3 is 0 Å². The normalized spacial score (nSPS) is 14.6. The first-order chi connectivity index (χ1) is 12.3. The topological polar surface area (TPSA) is 38.0 Å². The van der Waals surface area contributed by atoms with E-state index in [1.807, 2.05) is 11.8 Å². The van der Waals surface area contributed by atoms with Crippen LogP contribution in [0, 0.1) is 0 Å². The molecule has 3 nitrogen and oxygen atoms in total. The number of nitrogens with zero attached hydrogens (tertiary/aromatic N) is 2. The van der Waals surface area contributed by atoms with E-state index < -0.39 is 0 Å². The molecule has 1 aliphatic rings. The molecule has 0 unspecified atom stereocenters. The van der Waals surface area contributed by atoms with Gasteiger partial charge in [0.25, 0.3) is 0 Å². The minimum Gasteiger partial charge on any atom is -0.412 e. The van der Waals surface area contributed by atoms with Crippen molar-refractivity contribution in [2.45, 2.75) is 16.3 Å². The summed E-state index contributed by atoms with van der Waals surface area (Å²) < 4.78 is 0. The lowest BCUT2D eigenvalue weighted by atomic mass is 10.1. The lowest BCUT2D eigenvalue weighted by Gasteiger charge is -2.32. The van der Waals surface area contributed by atoms with Crippen LogP contribution in [0.4, 0.5) is 0 Å². The van der Waals surface area contributed by atoms with Gasteiger partial charge in [0.05, 0.1) is 0 Å². The zero-order valence-corrected chi connectivity index (χ0v) is 18.5. The Morgan fingerprint density at radius 2 is 1.36 bits per heavy atom. The molecule has 0 bridgehead atoms. The summed E-state index contributed by atoms with van der Waals surface area (Å²) in [6.07, 6.45) is 0. The predicted molar refractivity (Wildman–Crippen MR) is 125 cm³/mol. The number of rotatable bonds is 4. The van der Waals surface area contributed by atoms with Crippen molar-refractivity contribution in [3.8, 4) is 0 Å². The Morgan fingerprint density at radius 3 is 2.14 bits per heavy atom. The summed E-state index contributed by atoms with van der Waals surface area (Å²) in [7, 11) is 2.21. The van der Waals surface area contributed by atoms with E-state index in [4.69, 9.17) is 0 Å². The van der Waals surface area contributed by atoms with Crippen molar-refractivity contribution in [3.63, 3.8) is 0 Å². The van der Waals surface area contributed by atoms with Gasteiger partial charge in [-0.05, 0) is 35.5 Å². The van der Waals surface area contributed by atoms with Gasteiger partial charge in [-0.15, -0.1) is 24.8 Å². The van der Waals surface area contributed by atoms with Crippen LogP contribution in [-0.4, -0.2) is 48.5 Å². The van der Waals surface area contributed by atoms with Crippen LogP contribution >= 0.6 is 36.6 Å². The third kappa shape index (κ3) is 5.86. The average Bonchev–Trinajstić information content (AvgIpc) is 2.65. The highest BCUT2D eigenvalue weighted by molar-refractivity contribution is 7.99. The van der Waals surface area contributed by atoms with Crippen molar-refractivity contribution in [2.75, 3.05) is 33.2 Å². The Hall–Kier alpha value is -1.27. The quantitative estimate of drug-likeness (QED) is 0.589. The van der Waals surface area contributed by atoms with Gasteiger partial charge in [-0.2, -0.15) is 0 Å². The molecule has 0 saturated carbocycles. The van der Waals surface area contributed by atoms with Gasteiger partial charge < -0.3 is 10.4 Å². The number of likely N-dealkylation sites (N-methyl/N-ethyl adjacent to an activating group) is 1. The maximum Gasteiger partial charge on any atom is 0.0246 e. The Labute approximate surface area is 184 Å². The molecule has 1 saturated heterocycles. The Balaban J connectivity index is 0.00000131. The Bertz CT molecular complexity index is 865. The molecular weight excluding hydrogens is 411 g/mol. The fourth-order valence-corrected chi connectivity index (χ4v) is 4.47. The molecule has 0 aromatic heterocycles.